The number of hydrogen-bond donors (Lipinski definition) is 0. The van der Waals surface area contributed by atoms with Crippen molar-refractivity contribution in [2.45, 2.75) is 64.2 Å². The summed E-state index contributed by atoms with van der Waals surface area (Å²) in [6.07, 6.45) is 8.59. The number of hydrogen-bond acceptors (Lipinski definition) is 0. The first-order valence-electron chi connectivity index (χ1n) is 13.9. The maximum Gasteiger partial charge on any atom is -0.000643 e. The van der Waals surface area contributed by atoms with Crippen molar-refractivity contribution in [1.82, 2.24) is 0 Å². The Morgan fingerprint density at radius 3 is 1.72 bits per heavy atom. The van der Waals surface area contributed by atoms with Crippen LogP contribution in [0.4, 0.5) is 0 Å². The van der Waals surface area contributed by atoms with E-state index in [1.807, 2.05) is 0 Å². The van der Waals surface area contributed by atoms with Gasteiger partial charge in [0.1, 0.15) is 0 Å². The largest absolute Gasteiger partial charge is 0.0654 e. The molecule has 0 saturated heterocycles. The molecule has 0 nitrogen and oxygen atoms in total. The molecule has 0 fully saturated rings. The topological polar surface area (TPSA) is 0 Å². The molecule has 0 heteroatoms. The fraction of sp³-hybridized carbons (Fsp3) is 0.278. The maximum atomic E-state index is 2.45. The van der Waals surface area contributed by atoms with Gasteiger partial charge in [0.15, 0.2) is 0 Å². The zero-order chi connectivity index (χ0) is 24.5. The van der Waals surface area contributed by atoms with Gasteiger partial charge in [-0.1, -0.05) is 137 Å². The zero-order valence-electron chi connectivity index (χ0n) is 21.7. The summed E-state index contributed by atoms with van der Waals surface area (Å²) in [5, 5.41) is 11.2. The van der Waals surface area contributed by atoms with Crippen LogP contribution < -0.4 is 0 Å². The van der Waals surface area contributed by atoms with E-state index >= 15 is 0 Å². The van der Waals surface area contributed by atoms with Gasteiger partial charge >= 0.3 is 0 Å². The van der Waals surface area contributed by atoms with Gasteiger partial charge in [-0.15, -0.1) is 0 Å². The lowest BCUT2D eigenvalue weighted by Gasteiger charge is -2.36. The van der Waals surface area contributed by atoms with E-state index in [9.17, 15) is 0 Å². The summed E-state index contributed by atoms with van der Waals surface area (Å²) in [6.45, 7) is 4.67. The van der Waals surface area contributed by atoms with Gasteiger partial charge in [0.2, 0.25) is 0 Å². The van der Waals surface area contributed by atoms with Crippen molar-refractivity contribution in [2.75, 3.05) is 0 Å². The molecule has 0 amide bonds. The van der Waals surface area contributed by atoms with E-state index in [2.05, 4.69) is 111 Å². The highest BCUT2D eigenvalue weighted by Crippen LogP contribution is 2.45. The van der Waals surface area contributed by atoms with Gasteiger partial charge in [-0.3, -0.25) is 0 Å². The molecule has 0 saturated carbocycles. The van der Waals surface area contributed by atoms with Gasteiger partial charge in [-0.05, 0) is 78.9 Å². The van der Waals surface area contributed by atoms with Gasteiger partial charge in [0.25, 0.3) is 0 Å². The first kappa shape index (κ1) is 23.0. The standard InChI is InChI=1S/C36H36/c1-3-5-23-36(24-6-4-2,29-16-8-7-9-17-29)25-28-22-21-27-15-11-19-31-30-18-10-13-26-14-12-20-32(33(26)30)35(28)34(27)31/h7-22H,3-6,23-25H2,1-2H3. The lowest BCUT2D eigenvalue weighted by molar-refractivity contribution is 0.339. The van der Waals surface area contributed by atoms with Crippen molar-refractivity contribution in [3.8, 4) is 0 Å². The van der Waals surface area contributed by atoms with E-state index < -0.39 is 0 Å². The molecule has 6 aromatic rings. The first-order chi connectivity index (χ1) is 17.8. The van der Waals surface area contributed by atoms with E-state index in [0.717, 1.165) is 6.42 Å². The Morgan fingerprint density at radius 1 is 0.500 bits per heavy atom. The van der Waals surface area contributed by atoms with Crippen LogP contribution in [0.3, 0.4) is 0 Å². The van der Waals surface area contributed by atoms with E-state index in [-0.39, 0.29) is 5.41 Å². The molecule has 0 aliphatic heterocycles. The third kappa shape index (κ3) is 3.75. The lowest BCUT2D eigenvalue weighted by Crippen LogP contribution is -2.29. The highest BCUT2D eigenvalue weighted by atomic mass is 14.4. The average Bonchev–Trinajstić information content (AvgIpc) is 2.94. The van der Waals surface area contributed by atoms with Crippen molar-refractivity contribution < 1.29 is 0 Å². The van der Waals surface area contributed by atoms with Gasteiger partial charge in [0, 0.05) is 0 Å². The maximum absolute atomic E-state index is 2.45. The molecule has 0 atom stereocenters. The summed E-state index contributed by atoms with van der Waals surface area (Å²) in [7, 11) is 0. The van der Waals surface area contributed by atoms with Gasteiger partial charge in [0.05, 0.1) is 0 Å². The Labute approximate surface area is 215 Å². The molecular weight excluding hydrogens is 432 g/mol. The summed E-state index contributed by atoms with van der Waals surface area (Å²) in [6, 6.07) is 36.8. The Bertz CT molecular complexity index is 1610. The molecule has 0 unspecified atom stereocenters. The summed E-state index contributed by atoms with van der Waals surface area (Å²) in [4.78, 5) is 0. The molecule has 6 aromatic carbocycles. The van der Waals surface area contributed by atoms with Crippen molar-refractivity contribution in [2.24, 2.45) is 0 Å². The van der Waals surface area contributed by atoms with Crippen LogP contribution in [0.25, 0.3) is 43.1 Å². The molecule has 0 aliphatic carbocycles. The van der Waals surface area contributed by atoms with Crippen LogP contribution in [-0.2, 0) is 11.8 Å². The Hall–Kier alpha value is -3.38. The number of rotatable bonds is 9. The quantitative estimate of drug-likeness (QED) is 0.146. The predicted octanol–water partition coefficient (Wildman–Crippen LogP) is 10.6. The van der Waals surface area contributed by atoms with Gasteiger partial charge in [-0.25, -0.2) is 0 Å². The Balaban J connectivity index is 1.66. The lowest BCUT2D eigenvalue weighted by atomic mass is 9.68. The summed E-state index contributed by atoms with van der Waals surface area (Å²) >= 11 is 0. The smallest absolute Gasteiger partial charge is 0.000643 e. The van der Waals surface area contributed by atoms with Crippen molar-refractivity contribution in [3.05, 3.63) is 108 Å². The van der Waals surface area contributed by atoms with Crippen LogP contribution in [0.15, 0.2) is 97.1 Å². The number of unbranched alkanes of at least 4 members (excludes halogenated alkanes) is 2. The zero-order valence-corrected chi connectivity index (χ0v) is 21.7. The van der Waals surface area contributed by atoms with Crippen LogP contribution in [-0.4, -0.2) is 0 Å². The number of benzene rings is 6. The van der Waals surface area contributed by atoms with Crippen molar-refractivity contribution in [1.29, 1.82) is 0 Å². The highest BCUT2D eigenvalue weighted by Gasteiger charge is 2.32. The van der Waals surface area contributed by atoms with Crippen LogP contribution in [0.1, 0.15) is 63.5 Å². The van der Waals surface area contributed by atoms with Crippen LogP contribution in [0.5, 0.6) is 0 Å². The van der Waals surface area contributed by atoms with E-state index in [0.29, 0.717) is 0 Å². The third-order valence-electron chi connectivity index (χ3n) is 8.53. The molecule has 0 bridgehead atoms. The fourth-order valence-corrected chi connectivity index (χ4v) is 6.75. The van der Waals surface area contributed by atoms with Crippen molar-refractivity contribution in [3.63, 3.8) is 0 Å². The molecule has 6 rings (SSSR count). The third-order valence-corrected chi connectivity index (χ3v) is 8.53. The summed E-state index contributed by atoms with van der Waals surface area (Å²) < 4.78 is 0. The minimum absolute atomic E-state index is 0.164. The van der Waals surface area contributed by atoms with Crippen molar-refractivity contribution >= 4 is 43.1 Å². The van der Waals surface area contributed by atoms with Gasteiger partial charge in [-0.2, -0.15) is 0 Å². The second-order valence-corrected chi connectivity index (χ2v) is 10.7. The minimum atomic E-state index is 0.164. The molecule has 0 N–H and O–H groups in total. The molecule has 0 aliphatic rings. The van der Waals surface area contributed by atoms with Crippen LogP contribution in [0.2, 0.25) is 0 Å². The second kappa shape index (κ2) is 9.58. The molecular formula is C36H36. The van der Waals surface area contributed by atoms with Crippen LogP contribution >= 0.6 is 0 Å². The normalized spacial score (nSPS) is 12.4. The molecule has 36 heavy (non-hydrogen) atoms. The van der Waals surface area contributed by atoms with E-state index in [4.69, 9.17) is 0 Å². The molecule has 0 heterocycles. The predicted molar refractivity (Wildman–Crippen MR) is 159 cm³/mol. The van der Waals surface area contributed by atoms with E-state index in [1.54, 1.807) is 0 Å². The summed E-state index contributed by atoms with van der Waals surface area (Å²) in [5.41, 5.74) is 3.19. The highest BCUT2D eigenvalue weighted by molar-refractivity contribution is 6.33. The molecule has 0 radical (unpaired) electrons. The molecule has 180 valence electrons. The van der Waals surface area contributed by atoms with Crippen LogP contribution in [0, 0.1) is 0 Å². The summed E-state index contributed by atoms with van der Waals surface area (Å²) in [5.74, 6) is 0. The molecule has 0 spiro atoms. The molecule has 0 aromatic heterocycles. The second-order valence-electron chi connectivity index (χ2n) is 10.7. The number of fused-ring (bicyclic) bond motifs is 2. The van der Waals surface area contributed by atoms with Gasteiger partial charge < -0.3 is 0 Å². The average molecular weight is 469 g/mol. The first-order valence-corrected chi connectivity index (χ1v) is 13.9. The fourth-order valence-electron chi connectivity index (χ4n) is 6.75. The Morgan fingerprint density at radius 2 is 1.08 bits per heavy atom. The monoisotopic (exact) mass is 468 g/mol. The SMILES string of the molecule is CCCCC(CCCC)(Cc1ccc2cccc3c4cccc5cccc(c1c23)c54)c1ccccc1. The Kier molecular flexibility index (Phi) is 6.13. The minimum Gasteiger partial charge on any atom is -0.0654 e. The van der Waals surface area contributed by atoms with E-state index in [1.165, 1.54) is 92.7 Å².